The van der Waals surface area contributed by atoms with E-state index in [1.807, 2.05) is 30.3 Å². The van der Waals surface area contributed by atoms with Crippen molar-refractivity contribution in [3.63, 3.8) is 0 Å². The van der Waals surface area contributed by atoms with Gasteiger partial charge < -0.3 is 10.4 Å². The van der Waals surface area contributed by atoms with Crippen LogP contribution >= 0.6 is 11.8 Å². The van der Waals surface area contributed by atoms with Crippen LogP contribution in [0.15, 0.2) is 53.6 Å². The summed E-state index contributed by atoms with van der Waals surface area (Å²) < 4.78 is 0. The molecule has 0 aliphatic carbocycles. The van der Waals surface area contributed by atoms with Gasteiger partial charge in [-0.3, -0.25) is 4.79 Å². The van der Waals surface area contributed by atoms with Gasteiger partial charge in [-0.15, -0.1) is 11.8 Å². The predicted molar refractivity (Wildman–Crippen MR) is 77.0 cm³/mol. The number of thioether (sulfide) groups is 1. The number of amides is 1. The van der Waals surface area contributed by atoms with Gasteiger partial charge in [-0.2, -0.15) is 0 Å². The number of anilines is 1. The van der Waals surface area contributed by atoms with Crippen LogP contribution in [-0.2, 0) is 4.79 Å². The third-order valence-electron chi connectivity index (χ3n) is 2.40. The van der Waals surface area contributed by atoms with Crippen molar-refractivity contribution < 1.29 is 14.7 Å². The van der Waals surface area contributed by atoms with Crippen LogP contribution in [0.5, 0.6) is 0 Å². The van der Waals surface area contributed by atoms with Crippen LogP contribution < -0.4 is 5.32 Å². The number of carbonyl (C=O) groups excluding carboxylic acids is 1. The molecule has 0 fully saturated rings. The van der Waals surface area contributed by atoms with Crippen LogP contribution in [0.25, 0.3) is 0 Å². The van der Waals surface area contributed by atoms with E-state index in [0.717, 1.165) is 4.90 Å². The summed E-state index contributed by atoms with van der Waals surface area (Å²) in [6.07, 6.45) is 1.37. The fourth-order valence-electron chi connectivity index (χ4n) is 1.53. The molecule has 102 valence electrons. The Hall–Kier alpha value is -2.34. The van der Waals surface area contributed by atoms with Crippen LogP contribution in [0, 0.1) is 0 Å². The van der Waals surface area contributed by atoms with Gasteiger partial charge in [-0.05, 0) is 24.3 Å². The summed E-state index contributed by atoms with van der Waals surface area (Å²) in [7, 11) is 0. The van der Waals surface area contributed by atoms with Crippen LogP contribution in [0.1, 0.15) is 10.5 Å². The lowest BCUT2D eigenvalue weighted by Gasteiger charge is -2.07. The molecule has 0 aliphatic heterocycles. The van der Waals surface area contributed by atoms with Crippen molar-refractivity contribution in [3.05, 3.63) is 54.4 Å². The first kappa shape index (κ1) is 14.1. The Kier molecular flexibility index (Phi) is 4.73. The molecule has 0 unspecified atom stereocenters. The molecule has 1 aromatic heterocycles. The monoisotopic (exact) mass is 288 g/mol. The van der Waals surface area contributed by atoms with Gasteiger partial charge in [0, 0.05) is 11.1 Å². The number of carboxylic acids is 1. The Morgan fingerprint density at radius 3 is 2.60 bits per heavy atom. The van der Waals surface area contributed by atoms with Crippen LogP contribution in [0.2, 0.25) is 0 Å². The molecule has 2 aromatic rings. The second-order valence-electron chi connectivity index (χ2n) is 3.85. The van der Waals surface area contributed by atoms with Gasteiger partial charge in [-0.25, -0.2) is 9.78 Å². The summed E-state index contributed by atoms with van der Waals surface area (Å²) in [6.45, 7) is 0. The molecule has 0 radical (unpaired) electrons. The van der Waals surface area contributed by atoms with Crippen molar-refractivity contribution in [1.82, 2.24) is 4.98 Å². The summed E-state index contributed by atoms with van der Waals surface area (Å²) in [5, 5.41) is 11.5. The van der Waals surface area contributed by atoms with Gasteiger partial charge in [0.1, 0.15) is 0 Å². The Labute approximate surface area is 120 Å². The number of nitrogens with zero attached hydrogens (tertiary/aromatic N) is 1. The van der Waals surface area contributed by atoms with Gasteiger partial charge in [-0.1, -0.05) is 18.2 Å². The third kappa shape index (κ3) is 3.83. The molecule has 0 spiro atoms. The summed E-state index contributed by atoms with van der Waals surface area (Å²) >= 11 is 1.38. The normalized spacial score (nSPS) is 10.0. The van der Waals surface area contributed by atoms with Crippen LogP contribution in [0.3, 0.4) is 0 Å². The third-order valence-corrected chi connectivity index (χ3v) is 3.41. The van der Waals surface area contributed by atoms with Gasteiger partial charge in [0.25, 0.3) is 0 Å². The average Bonchev–Trinajstić information content (AvgIpc) is 2.46. The second kappa shape index (κ2) is 6.72. The Morgan fingerprint density at radius 1 is 1.15 bits per heavy atom. The van der Waals surface area contributed by atoms with Gasteiger partial charge in [0.2, 0.25) is 5.91 Å². The number of aromatic carboxylic acids is 1. The van der Waals surface area contributed by atoms with Gasteiger partial charge >= 0.3 is 5.97 Å². The Bertz CT molecular complexity index is 617. The largest absolute Gasteiger partial charge is 0.476 e. The SMILES string of the molecule is O=C(CSc1ccccc1)Nc1cccnc1C(=O)O. The molecule has 6 heteroatoms. The molecular weight excluding hydrogens is 276 g/mol. The average molecular weight is 288 g/mol. The first-order valence-corrected chi connectivity index (χ1v) is 6.81. The summed E-state index contributed by atoms with van der Waals surface area (Å²) in [5.74, 6) is -1.23. The molecule has 1 amide bonds. The van der Waals surface area contributed by atoms with E-state index in [4.69, 9.17) is 5.11 Å². The zero-order valence-electron chi connectivity index (χ0n) is 10.4. The highest BCUT2D eigenvalue weighted by Gasteiger charge is 2.13. The highest BCUT2D eigenvalue weighted by Crippen LogP contribution is 2.18. The lowest BCUT2D eigenvalue weighted by Crippen LogP contribution is -2.17. The van der Waals surface area contributed by atoms with E-state index >= 15 is 0 Å². The van der Waals surface area contributed by atoms with Gasteiger partial charge in [0.05, 0.1) is 11.4 Å². The molecule has 1 heterocycles. The highest BCUT2D eigenvalue weighted by atomic mass is 32.2. The standard InChI is InChI=1S/C14H12N2O3S/c17-12(9-20-10-5-2-1-3-6-10)16-11-7-4-8-15-13(11)14(18)19/h1-8H,9H2,(H,16,17)(H,18,19). The fraction of sp³-hybridized carbons (Fsp3) is 0.0714. The van der Waals surface area contributed by atoms with Crippen molar-refractivity contribution >= 4 is 29.3 Å². The Morgan fingerprint density at radius 2 is 1.90 bits per heavy atom. The second-order valence-corrected chi connectivity index (χ2v) is 4.90. The molecule has 0 saturated heterocycles. The topological polar surface area (TPSA) is 79.3 Å². The number of carbonyl (C=O) groups is 2. The lowest BCUT2D eigenvalue weighted by molar-refractivity contribution is -0.113. The van der Waals surface area contributed by atoms with E-state index < -0.39 is 5.97 Å². The molecule has 0 aliphatic rings. The maximum Gasteiger partial charge on any atom is 0.356 e. The van der Waals surface area contributed by atoms with E-state index in [0.29, 0.717) is 0 Å². The number of hydrogen-bond acceptors (Lipinski definition) is 4. The molecule has 0 atom stereocenters. The zero-order valence-corrected chi connectivity index (χ0v) is 11.3. The molecular formula is C14H12N2O3S. The minimum Gasteiger partial charge on any atom is -0.476 e. The molecule has 0 bridgehead atoms. The first-order chi connectivity index (χ1) is 9.66. The van der Waals surface area contributed by atoms with E-state index in [2.05, 4.69) is 10.3 Å². The highest BCUT2D eigenvalue weighted by molar-refractivity contribution is 8.00. The lowest BCUT2D eigenvalue weighted by atomic mass is 10.3. The van der Waals surface area contributed by atoms with Crippen molar-refractivity contribution in [2.75, 3.05) is 11.1 Å². The maximum absolute atomic E-state index is 11.8. The number of pyridine rings is 1. The predicted octanol–water partition coefficient (Wildman–Crippen LogP) is 2.51. The van der Waals surface area contributed by atoms with E-state index in [-0.39, 0.29) is 23.0 Å². The van der Waals surface area contributed by atoms with Crippen molar-refractivity contribution in [1.29, 1.82) is 0 Å². The Balaban J connectivity index is 1.97. The smallest absolute Gasteiger partial charge is 0.356 e. The molecule has 0 saturated carbocycles. The minimum atomic E-state index is -1.17. The van der Waals surface area contributed by atoms with Crippen LogP contribution in [0.4, 0.5) is 5.69 Å². The number of rotatable bonds is 5. The van der Waals surface area contributed by atoms with Crippen molar-refractivity contribution in [3.8, 4) is 0 Å². The van der Waals surface area contributed by atoms with E-state index in [1.54, 1.807) is 6.07 Å². The molecule has 2 N–H and O–H groups in total. The first-order valence-electron chi connectivity index (χ1n) is 5.83. The maximum atomic E-state index is 11.8. The number of benzene rings is 1. The minimum absolute atomic E-state index is 0.162. The number of aromatic nitrogens is 1. The van der Waals surface area contributed by atoms with Crippen molar-refractivity contribution in [2.24, 2.45) is 0 Å². The summed E-state index contributed by atoms with van der Waals surface area (Å²) in [6, 6.07) is 12.6. The quantitative estimate of drug-likeness (QED) is 0.826. The molecule has 20 heavy (non-hydrogen) atoms. The number of hydrogen-bond donors (Lipinski definition) is 2. The number of nitrogens with one attached hydrogen (secondary N) is 1. The summed E-state index contributed by atoms with van der Waals surface area (Å²) in [5.41, 5.74) is 0.0456. The van der Waals surface area contributed by atoms with Crippen LogP contribution in [-0.4, -0.2) is 27.7 Å². The zero-order chi connectivity index (χ0) is 14.4. The van der Waals surface area contributed by atoms with Crippen molar-refractivity contribution in [2.45, 2.75) is 4.90 Å². The molecule has 5 nitrogen and oxygen atoms in total. The van der Waals surface area contributed by atoms with E-state index in [9.17, 15) is 9.59 Å². The molecule has 1 aromatic carbocycles. The fourth-order valence-corrected chi connectivity index (χ4v) is 2.25. The summed E-state index contributed by atoms with van der Waals surface area (Å²) in [4.78, 5) is 27.5. The van der Waals surface area contributed by atoms with Gasteiger partial charge in [0.15, 0.2) is 5.69 Å². The molecule has 2 rings (SSSR count). The number of carboxylic acid groups (broad SMARTS) is 1. The van der Waals surface area contributed by atoms with E-state index in [1.165, 1.54) is 24.0 Å².